The Hall–Kier alpha value is -3.94. The highest BCUT2D eigenvalue weighted by molar-refractivity contribution is 6.05. The number of benzene rings is 2. The van der Waals surface area contributed by atoms with E-state index in [1.165, 1.54) is 0 Å². The van der Waals surface area contributed by atoms with Gasteiger partial charge in [0.25, 0.3) is 5.91 Å². The fourth-order valence-electron chi connectivity index (χ4n) is 3.58. The quantitative estimate of drug-likeness (QED) is 0.598. The van der Waals surface area contributed by atoms with Crippen molar-refractivity contribution in [2.24, 2.45) is 0 Å². The third kappa shape index (κ3) is 4.69. The molecule has 0 radical (unpaired) electrons. The van der Waals surface area contributed by atoms with E-state index in [9.17, 15) is 14.4 Å². The topological polar surface area (TPSA) is 93.5 Å². The van der Waals surface area contributed by atoms with Crippen molar-refractivity contribution in [1.82, 2.24) is 9.78 Å². The van der Waals surface area contributed by atoms with E-state index >= 15 is 0 Å². The second kappa shape index (κ2) is 9.47. The zero-order valence-electron chi connectivity index (χ0n) is 17.8. The van der Waals surface area contributed by atoms with Crippen molar-refractivity contribution in [2.75, 3.05) is 23.4 Å². The number of carbonyl (C=O) groups excluding carboxylic acids is 3. The second-order valence-corrected chi connectivity index (χ2v) is 7.42. The summed E-state index contributed by atoms with van der Waals surface area (Å²) in [5.74, 6) is -0.619. The maximum absolute atomic E-state index is 12.7. The molecule has 4 rings (SSSR count). The Labute approximate surface area is 185 Å². The van der Waals surface area contributed by atoms with Crippen LogP contribution in [-0.2, 0) is 9.53 Å². The Morgan fingerprint density at radius 2 is 1.88 bits per heavy atom. The van der Waals surface area contributed by atoms with Crippen LogP contribution >= 0.6 is 0 Å². The van der Waals surface area contributed by atoms with Crippen molar-refractivity contribution in [1.29, 1.82) is 0 Å². The number of piperidine rings is 1. The maximum atomic E-state index is 12.7. The van der Waals surface area contributed by atoms with Crippen LogP contribution in [0.15, 0.2) is 60.8 Å². The molecule has 8 nitrogen and oxygen atoms in total. The summed E-state index contributed by atoms with van der Waals surface area (Å²) >= 11 is 0. The lowest BCUT2D eigenvalue weighted by molar-refractivity contribution is -0.119. The second-order valence-electron chi connectivity index (χ2n) is 7.42. The van der Waals surface area contributed by atoms with Gasteiger partial charge in [0.15, 0.2) is 5.69 Å². The molecule has 1 aliphatic heterocycles. The molecule has 0 spiro atoms. The van der Waals surface area contributed by atoms with E-state index in [1.807, 2.05) is 6.07 Å². The summed E-state index contributed by atoms with van der Waals surface area (Å²) in [6, 6.07) is 15.8. The van der Waals surface area contributed by atoms with E-state index in [4.69, 9.17) is 4.74 Å². The Morgan fingerprint density at radius 3 is 2.62 bits per heavy atom. The first-order valence-electron chi connectivity index (χ1n) is 10.6. The van der Waals surface area contributed by atoms with Crippen LogP contribution in [0.5, 0.6) is 0 Å². The minimum absolute atomic E-state index is 0.120. The molecule has 1 N–H and O–H groups in total. The molecule has 2 aromatic carbocycles. The molecule has 8 heteroatoms. The largest absolute Gasteiger partial charge is 0.461 e. The molecule has 3 aromatic rings. The van der Waals surface area contributed by atoms with Gasteiger partial charge in [-0.2, -0.15) is 5.10 Å². The lowest BCUT2D eigenvalue weighted by Crippen LogP contribution is -2.35. The zero-order valence-corrected chi connectivity index (χ0v) is 17.8. The van der Waals surface area contributed by atoms with Crippen LogP contribution in [0.4, 0.5) is 11.4 Å². The first kappa shape index (κ1) is 21.3. The standard InChI is InChI=1S/C24H24N4O4/c1-2-32-24(31)21-13-15-28(26-21)20-7-5-6-18(16-20)25-23(30)17-9-11-19(12-10-17)27-14-4-3-8-22(27)29/h5-7,9-13,15-16H,2-4,8,14H2,1H3,(H,25,30). The van der Waals surface area contributed by atoms with Crippen molar-refractivity contribution in [3.8, 4) is 5.69 Å². The first-order valence-corrected chi connectivity index (χ1v) is 10.6. The average molecular weight is 432 g/mol. The number of aromatic nitrogens is 2. The molecule has 164 valence electrons. The van der Waals surface area contributed by atoms with Gasteiger partial charge in [0, 0.05) is 36.1 Å². The molecule has 32 heavy (non-hydrogen) atoms. The molecular formula is C24H24N4O4. The van der Waals surface area contributed by atoms with Crippen LogP contribution in [0.1, 0.15) is 47.0 Å². The van der Waals surface area contributed by atoms with Gasteiger partial charge in [-0.25, -0.2) is 9.48 Å². The number of nitrogens with zero attached hydrogens (tertiary/aromatic N) is 3. The highest BCUT2D eigenvalue weighted by Crippen LogP contribution is 2.22. The molecular weight excluding hydrogens is 408 g/mol. The van der Waals surface area contributed by atoms with Gasteiger partial charge in [0.1, 0.15) is 0 Å². The monoisotopic (exact) mass is 432 g/mol. The Balaban J connectivity index is 1.45. The number of amides is 2. The van der Waals surface area contributed by atoms with Crippen LogP contribution in [0.25, 0.3) is 5.69 Å². The van der Waals surface area contributed by atoms with Crippen LogP contribution in [0, 0.1) is 0 Å². The van der Waals surface area contributed by atoms with Gasteiger partial charge in [0.2, 0.25) is 5.91 Å². The number of rotatable bonds is 6. The molecule has 1 saturated heterocycles. The van der Waals surface area contributed by atoms with E-state index in [0.717, 1.165) is 18.5 Å². The van der Waals surface area contributed by atoms with Gasteiger partial charge >= 0.3 is 5.97 Å². The summed E-state index contributed by atoms with van der Waals surface area (Å²) in [6.45, 7) is 2.73. The molecule has 1 aliphatic rings. The maximum Gasteiger partial charge on any atom is 0.358 e. The molecule has 2 heterocycles. The number of carbonyl (C=O) groups is 3. The zero-order chi connectivity index (χ0) is 22.5. The fourth-order valence-corrected chi connectivity index (χ4v) is 3.58. The molecule has 1 aromatic heterocycles. The van der Waals surface area contributed by atoms with Gasteiger partial charge in [-0.3, -0.25) is 9.59 Å². The predicted octanol–water partition coefficient (Wildman–Crippen LogP) is 3.82. The molecule has 2 amide bonds. The van der Waals surface area contributed by atoms with Crippen molar-refractivity contribution in [3.63, 3.8) is 0 Å². The Bertz CT molecular complexity index is 1140. The van der Waals surface area contributed by atoms with Crippen LogP contribution < -0.4 is 10.2 Å². The third-order valence-electron chi connectivity index (χ3n) is 5.21. The number of hydrogen-bond donors (Lipinski definition) is 1. The van der Waals surface area contributed by atoms with Crippen LogP contribution in [0.3, 0.4) is 0 Å². The average Bonchev–Trinajstić information content (AvgIpc) is 3.31. The summed E-state index contributed by atoms with van der Waals surface area (Å²) < 4.78 is 6.51. The lowest BCUT2D eigenvalue weighted by Gasteiger charge is -2.26. The highest BCUT2D eigenvalue weighted by Gasteiger charge is 2.19. The Morgan fingerprint density at radius 1 is 1.06 bits per heavy atom. The van der Waals surface area contributed by atoms with Gasteiger partial charge in [-0.15, -0.1) is 0 Å². The van der Waals surface area contributed by atoms with Crippen LogP contribution in [0.2, 0.25) is 0 Å². The molecule has 0 bridgehead atoms. The molecule has 0 atom stereocenters. The van der Waals surface area contributed by atoms with Gasteiger partial charge in [0.05, 0.1) is 12.3 Å². The SMILES string of the molecule is CCOC(=O)c1ccn(-c2cccc(NC(=O)c3ccc(N4CCCCC4=O)cc3)c2)n1. The van der Waals surface area contributed by atoms with Crippen molar-refractivity contribution in [2.45, 2.75) is 26.2 Å². The van der Waals surface area contributed by atoms with Gasteiger partial charge in [-0.05, 0) is 68.3 Å². The highest BCUT2D eigenvalue weighted by atomic mass is 16.5. The summed E-state index contributed by atoms with van der Waals surface area (Å²) in [7, 11) is 0. The smallest absolute Gasteiger partial charge is 0.358 e. The third-order valence-corrected chi connectivity index (χ3v) is 5.21. The summed E-state index contributed by atoms with van der Waals surface area (Å²) in [5, 5.41) is 7.11. The predicted molar refractivity (Wildman–Crippen MR) is 120 cm³/mol. The van der Waals surface area contributed by atoms with Crippen molar-refractivity contribution >= 4 is 29.2 Å². The van der Waals surface area contributed by atoms with Crippen molar-refractivity contribution in [3.05, 3.63) is 72.1 Å². The van der Waals surface area contributed by atoms with E-state index in [-0.39, 0.29) is 24.1 Å². The Kier molecular flexibility index (Phi) is 6.30. The number of hydrogen-bond acceptors (Lipinski definition) is 5. The number of anilines is 2. The number of ether oxygens (including phenoxy) is 1. The molecule has 1 fully saturated rings. The lowest BCUT2D eigenvalue weighted by atomic mass is 10.1. The summed E-state index contributed by atoms with van der Waals surface area (Å²) in [6.07, 6.45) is 4.14. The normalized spacial score (nSPS) is 13.7. The molecule has 0 aliphatic carbocycles. The fraction of sp³-hybridized carbons (Fsp3) is 0.250. The van der Waals surface area contributed by atoms with Crippen molar-refractivity contribution < 1.29 is 19.1 Å². The van der Waals surface area contributed by atoms with E-state index in [2.05, 4.69) is 10.4 Å². The van der Waals surface area contributed by atoms with Gasteiger partial charge in [-0.1, -0.05) is 6.07 Å². The number of nitrogens with one attached hydrogen (secondary N) is 1. The molecule has 0 unspecified atom stereocenters. The van der Waals surface area contributed by atoms with E-state index in [1.54, 1.807) is 71.2 Å². The van der Waals surface area contributed by atoms with Crippen LogP contribution in [-0.4, -0.2) is 40.7 Å². The van der Waals surface area contributed by atoms with Gasteiger partial charge < -0.3 is 15.0 Å². The minimum Gasteiger partial charge on any atom is -0.461 e. The minimum atomic E-state index is -0.481. The first-order chi connectivity index (χ1) is 15.5. The number of esters is 1. The van der Waals surface area contributed by atoms with E-state index < -0.39 is 5.97 Å². The summed E-state index contributed by atoms with van der Waals surface area (Å²) in [5.41, 5.74) is 2.80. The van der Waals surface area contributed by atoms with E-state index in [0.29, 0.717) is 29.9 Å². The summed E-state index contributed by atoms with van der Waals surface area (Å²) in [4.78, 5) is 38.4. The molecule has 0 saturated carbocycles.